The fourth-order valence-electron chi connectivity index (χ4n) is 10.7. The summed E-state index contributed by atoms with van der Waals surface area (Å²) in [6.07, 6.45) is 5.43. The van der Waals surface area contributed by atoms with Gasteiger partial charge >= 0.3 is 0 Å². The van der Waals surface area contributed by atoms with Crippen molar-refractivity contribution in [1.29, 1.82) is 0 Å². The van der Waals surface area contributed by atoms with Crippen LogP contribution in [0.5, 0.6) is 0 Å². The maximum atomic E-state index is 6.65. The van der Waals surface area contributed by atoms with Crippen LogP contribution in [-0.4, -0.2) is 12.8 Å². The predicted octanol–water partition coefficient (Wildman–Crippen LogP) is 12.2. The lowest BCUT2D eigenvalue weighted by Gasteiger charge is -2.48. The Bertz CT molecular complexity index is 2540. The Labute approximate surface area is 335 Å². The van der Waals surface area contributed by atoms with Crippen LogP contribution < -0.4 is 26.2 Å². The zero-order valence-corrected chi connectivity index (χ0v) is 35.2. The number of hydrogen-bond donors (Lipinski definition) is 0. The summed E-state index contributed by atoms with van der Waals surface area (Å²) < 4.78 is 6.65. The van der Waals surface area contributed by atoms with Gasteiger partial charge in [0.1, 0.15) is 11.3 Å². The van der Waals surface area contributed by atoms with Crippen LogP contribution in [0, 0.1) is 18.8 Å². The van der Waals surface area contributed by atoms with E-state index < -0.39 is 0 Å². The van der Waals surface area contributed by atoms with Crippen LogP contribution in [0.15, 0.2) is 101 Å². The summed E-state index contributed by atoms with van der Waals surface area (Å²) >= 11 is 0. The fraction of sp³-hybridized carbons (Fsp3) is 0.385. The van der Waals surface area contributed by atoms with E-state index in [9.17, 15) is 0 Å². The van der Waals surface area contributed by atoms with E-state index in [0.717, 1.165) is 34.1 Å². The van der Waals surface area contributed by atoms with E-state index in [-0.39, 0.29) is 23.0 Å². The fourth-order valence-corrected chi connectivity index (χ4v) is 10.7. The molecule has 3 atom stereocenters. The molecule has 2 saturated carbocycles. The summed E-state index contributed by atoms with van der Waals surface area (Å²) in [5.74, 6) is 2.52. The number of rotatable bonds is 3. The predicted molar refractivity (Wildman–Crippen MR) is 240 cm³/mol. The molecular weight excluding hydrogens is 679 g/mol. The second-order valence-electron chi connectivity index (χ2n) is 20.8. The lowest BCUT2D eigenvalue weighted by molar-refractivity contribution is 0.413. The first-order chi connectivity index (χ1) is 26.5. The third-order valence-corrected chi connectivity index (χ3v) is 13.8. The van der Waals surface area contributed by atoms with Crippen LogP contribution in [0.4, 0.5) is 28.4 Å². The van der Waals surface area contributed by atoms with E-state index in [1.54, 1.807) is 0 Å². The van der Waals surface area contributed by atoms with Gasteiger partial charge in [0.05, 0.1) is 0 Å². The molecule has 4 aliphatic rings. The molecule has 284 valence electrons. The molecule has 2 fully saturated rings. The number of anilines is 5. The Morgan fingerprint density at radius 1 is 0.589 bits per heavy atom. The molecule has 56 heavy (non-hydrogen) atoms. The van der Waals surface area contributed by atoms with Crippen molar-refractivity contribution in [3.63, 3.8) is 0 Å². The first-order valence-electron chi connectivity index (χ1n) is 21.2. The monoisotopic (exact) mass is 736 g/mol. The highest BCUT2D eigenvalue weighted by Crippen LogP contribution is 2.52. The Hall–Kier alpha value is -4.70. The highest BCUT2D eigenvalue weighted by molar-refractivity contribution is 7.00. The number of hydrogen-bond acceptors (Lipinski definition) is 3. The largest absolute Gasteiger partial charge is 0.456 e. The van der Waals surface area contributed by atoms with Crippen molar-refractivity contribution in [3.05, 3.63) is 119 Å². The van der Waals surface area contributed by atoms with Crippen LogP contribution in [0.3, 0.4) is 0 Å². The van der Waals surface area contributed by atoms with E-state index in [4.69, 9.17) is 4.42 Å². The van der Waals surface area contributed by atoms with Crippen LogP contribution in [0.1, 0.15) is 110 Å². The minimum Gasteiger partial charge on any atom is -0.456 e. The molecule has 1 aromatic heterocycles. The third kappa shape index (κ3) is 5.60. The van der Waals surface area contributed by atoms with Gasteiger partial charge in [0.15, 0.2) is 0 Å². The zero-order valence-electron chi connectivity index (χ0n) is 35.2. The number of nitrogens with zero attached hydrogens (tertiary/aromatic N) is 2. The summed E-state index contributed by atoms with van der Waals surface area (Å²) in [4.78, 5) is 5.42. The molecule has 0 radical (unpaired) electrons. The van der Waals surface area contributed by atoms with Gasteiger partial charge in [-0.3, -0.25) is 0 Å². The van der Waals surface area contributed by atoms with Crippen molar-refractivity contribution in [2.75, 3.05) is 9.80 Å². The molecular formula is C52H57BN2O. The lowest BCUT2D eigenvalue weighted by atomic mass is 9.33. The molecule has 0 spiro atoms. The Balaban J connectivity index is 1.22. The van der Waals surface area contributed by atoms with Gasteiger partial charge in [0.2, 0.25) is 0 Å². The molecule has 5 aromatic carbocycles. The van der Waals surface area contributed by atoms with Gasteiger partial charge in [-0.05, 0) is 148 Å². The Morgan fingerprint density at radius 3 is 1.91 bits per heavy atom. The smallest absolute Gasteiger partial charge is 0.252 e. The third-order valence-electron chi connectivity index (χ3n) is 13.8. The highest BCUT2D eigenvalue weighted by atomic mass is 16.3. The first kappa shape index (κ1) is 35.7. The van der Waals surface area contributed by atoms with Crippen LogP contribution in [-0.2, 0) is 16.2 Å². The number of aryl methyl sites for hydroxylation is 1. The van der Waals surface area contributed by atoms with E-state index in [0.29, 0.717) is 6.04 Å². The summed E-state index contributed by atoms with van der Waals surface area (Å²) in [6, 6.07) is 38.4. The zero-order chi connectivity index (χ0) is 39.1. The molecule has 4 heteroatoms. The van der Waals surface area contributed by atoms with Gasteiger partial charge in [0, 0.05) is 45.4 Å². The van der Waals surface area contributed by atoms with Crippen LogP contribution >= 0.6 is 0 Å². The highest BCUT2D eigenvalue weighted by Gasteiger charge is 2.49. The molecule has 0 amide bonds. The maximum Gasteiger partial charge on any atom is 0.252 e. The van der Waals surface area contributed by atoms with Gasteiger partial charge in [0.25, 0.3) is 6.71 Å². The topological polar surface area (TPSA) is 19.6 Å². The van der Waals surface area contributed by atoms with E-state index in [2.05, 4.69) is 176 Å². The number of benzene rings is 5. The standard InChI is InChI=1S/C52H57BN2O/c1-31-23-45-49-46(24-31)55(42-26-32-11-12-33(42)25-32)44-30-38(52(8,9)10)16-21-41(44)53(49)40-20-13-34(48-29-35-27-37(51(5,6)7)17-22-47(35)56-48)28-43(40)54(45)39-18-14-36(15-19-39)50(2,3)4/h13-24,27-30,32-33,42H,11-12,25-26H2,1-10H3. The van der Waals surface area contributed by atoms with Crippen molar-refractivity contribution in [3.8, 4) is 11.3 Å². The summed E-state index contributed by atoms with van der Waals surface area (Å²) in [7, 11) is 0. The summed E-state index contributed by atoms with van der Waals surface area (Å²) in [6.45, 7) is 23.2. The second-order valence-corrected chi connectivity index (χ2v) is 20.8. The SMILES string of the molecule is Cc1cc2c3c(c1)N(C1CC4CCC1C4)c1cc(C(C)(C)C)ccc1B3c1ccc(-c3cc4cc(C(C)(C)C)ccc4o3)cc1N2c1ccc(C(C)(C)C)cc1. The molecule has 6 aromatic rings. The molecule has 3 heterocycles. The van der Waals surface area contributed by atoms with Crippen molar-refractivity contribution >= 4 is 62.5 Å². The average molecular weight is 737 g/mol. The normalized spacial score (nSPS) is 20.1. The number of fused-ring (bicyclic) bond motifs is 7. The van der Waals surface area contributed by atoms with Gasteiger partial charge in [-0.1, -0.05) is 111 Å². The quantitative estimate of drug-likeness (QED) is 0.168. The molecule has 2 aliphatic carbocycles. The summed E-state index contributed by atoms with van der Waals surface area (Å²) in [5.41, 5.74) is 18.4. The van der Waals surface area contributed by atoms with Gasteiger partial charge < -0.3 is 14.2 Å². The minimum atomic E-state index is 0.0586. The molecule has 10 rings (SSSR count). The minimum absolute atomic E-state index is 0.0586. The van der Waals surface area contributed by atoms with Crippen molar-refractivity contribution in [1.82, 2.24) is 0 Å². The van der Waals surface area contributed by atoms with Gasteiger partial charge in [-0.2, -0.15) is 0 Å². The van der Waals surface area contributed by atoms with Crippen LogP contribution in [0.25, 0.3) is 22.3 Å². The second kappa shape index (κ2) is 12.2. The molecule has 0 N–H and O–H groups in total. The molecule has 2 aliphatic heterocycles. The van der Waals surface area contributed by atoms with Crippen LogP contribution in [0.2, 0.25) is 0 Å². The van der Waals surface area contributed by atoms with E-state index in [1.807, 2.05) is 0 Å². The van der Waals surface area contributed by atoms with E-state index in [1.165, 1.54) is 92.8 Å². The molecule has 0 saturated heterocycles. The van der Waals surface area contributed by atoms with Gasteiger partial charge in [-0.15, -0.1) is 0 Å². The van der Waals surface area contributed by atoms with Gasteiger partial charge in [-0.25, -0.2) is 0 Å². The Kier molecular flexibility index (Phi) is 7.75. The van der Waals surface area contributed by atoms with E-state index >= 15 is 0 Å². The van der Waals surface area contributed by atoms with Crippen molar-refractivity contribution < 1.29 is 4.42 Å². The summed E-state index contributed by atoms with van der Waals surface area (Å²) in [5, 5.41) is 1.15. The Morgan fingerprint density at radius 2 is 1.23 bits per heavy atom. The van der Waals surface area contributed by atoms with Crippen molar-refractivity contribution in [2.45, 2.75) is 117 Å². The first-order valence-corrected chi connectivity index (χ1v) is 21.2. The molecule has 3 nitrogen and oxygen atoms in total. The molecule has 2 bridgehead atoms. The number of furan rings is 1. The maximum absolute atomic E-state index is 6.65. The average Bonchev–Trinajstić information content (AvgIpc) is 3.89. The molecule has 3 unspecified atom stereocenters. The van der Waals surface area contributed by atoms with Crippen molar-refractivity contribution in [2.24, 2.45) is 11.8 Å². The lowest BCUT2D eigenvalue weighted by Crippen LogP contribution is -2.63.